The highest BCUT2D eigenvalue weighted by Gasteiger charge is 2.24. The molecular formula is C13H19ClN2O. The van der Waals surface area contributed by atoms with Gasteiger partial charge in [-0.25, -0.2) is 0 Å². The Labute approximate surface area is 107 Å². The Hall–Kier alpha value is -0.930. The van der Waals surface area contributed by atoms with Gasteiger partial charge in [0.05, 0.1) is 11.4 Å². The summed E-state index contributed by atoms with van der Waals surface area (Å²) in [6, 6.07) is 5.74. The van der Waals surface area contributed by atoms with E-state index < -0.39 is 0 Å². The van der Waals surface area contributed by atoms with E-state index in [9.17, 15) is 5.11 Å². The molecule has 1 fully saturated rings. The molecule has 1 aliphatic rings. The van der Waals surface area contributed by atoms with Crippen LogP contribution in [0.4, 0.5) is 11.4 Å². The number of nitrogens with one attached hydrogen (secondary N) is 1. The van der Waals surface area contributed by atoms with Gasteiger partial charge in [-0.1, -0.05) is 24.4 Å². The highest BCUT2D eigenvalue weighted by molar-refractivity contribution is 6.31. The Morgan fingerprint density at radius 3 is 2.88 bits per heavy atom. The molecule has 17 heavy (non-hydrogen) atoms. The minimum absolute atomic E-state index is 0.234. The summed E-state index contributed by atoms with van der Waals surface area (Å²) in [6.45, 7) is 0.234. The van der Waals surface area contributed by atoms with Crippen LogP contribution in [0.3, 0.4) is 0 Å². The van der Waals surface area contributed by atoms with Crippen molar-refractivity contribution in [1.29, 1.82) is 0 Å². The Balaban J connectivity index is 2.10. The molecule has 2 unspecified atom stereocenters. The molecule has 3 nitrogen and oxygen atoms in total. The Morgan fingerprint density at radius 2 is 2.12 bits per heavy atom. The number of aliphatic hydroxyl groups is 1. The zero-order valence-electron chi connectivity index (χ0n) is 9.82. The predicted octanol–water partition coefficient (Wildman–Crippen LogP) is 2.89. The maximum atomic E-state index is 9.37. The molecule has 1 aliphatic carbocycles. The summed E-state index contributed by atoms with van der Waals surface area (Å²) in [5, 5.41) is 13.5. The second kappa shape index (κ2) is 5.61. The normalized spacial score (nSPS) is 24.6. The number of nitrogens with two attached hydrogens (primary N) is 1. The lowest BCUT2D eigenvalue weighted by atomic mass is 9.85. The van der Waals surface area contributed by atoms with Crippen molar-refractivity contribution in [2.45, 2.75) is 31.7 Å². The third-order valence-corrected chi connectivity index (χ3v) is 3.73. The lowest BCUT2D eigenvalue weighted by Crippen LogP contribution is -2.34. The molecule has 1 saturated carbocycles. The minimum Gasteiger partial charge on any atom is -0.397 e. The maximum Gasteiger partial charge on any atom is 0.0591 e. The van der Waals surface area contributed by atoms with E-state index in [0.717, 1.165) is 18.5 Å². The molecule has 0 saturated heterocycles. The number of benzene rings is 1. The number of hydrogen-bond acceptors (Lipinski definition) is 3. The first-order valence-electron chi connectivity index (χ1n) is 6.13. The number of halogens is 1. The van der Waals surface area contributed by atoms with Gasteiger partial charge in [-0.05, 0) is 31.0 Å². The van der Waals surface area contributed by atoms with E-state index in [-0.39, 0.29) is 6.61 Å². The lowest BCUT2D eigenvalue weighted by molar-refractivity contribution is 0.178. The van der Waals surface area contributed by atoms with Crippen molar-refractivity contribution in [2.75, 3.05) is 17.7 Å². The van der Waals surface area contributed by atoms with Gasteiger partial charge in [0.15, 0.2) is 0 Å². The van der Waals surface area contributed by atoms with Crippen molar-refractivity contribution in [3.8, 4) is 0 Å². The van der Waals surface area contributed by atoms with E-state index in [0.29, 0.717) is 22.7 Å². The number of aliphatic hydroxyl groups excluding tert-OH is 1. The molecule has 0 heterocycles. The second-order valence-electron chi connectivity index (χ2n) is 4.71. The molecular weight excluding hydrogens is 236 g/mol. The summed E-state index contributed by atoms with van der Waals surface area (Å²) in [6.07, 6.45) is 4.56. The molecule has 0 aliphatic heterocycles. The van der Waals surface area contributed by atoms with Gasteiger partial charge in [0, 0.05) is 23.6 Å². The van der Waals surface area contributed by atoms with Gasteiger partial charge in [0.1, 0.15) is 0 Å². The van der Waals surface area contributed by atoms with Gasteiger partial charge in [0.2, 0.25) is 0 Å². The van der Waals surface area contributed by atoms with Crippen molar-refractivity contribution in [3.05, 3.63) is 23.2 Å². The van der Waals surface area contributed by atoms with Crippen LogP contribution in [0.2, 0.25) is 5.02 Å². The molecule has 0 aromatic heterocycles. The van der Waals surface area contributed by atoms with Crippen LogP contribution in [0.5, 0.6) is 0 Å². The van der Waals surface area contributed by atoms with Crippen molar-refractivity contribution in [2.24, 2.45) is 5.92 Å². The standard InChI is InChI=1S/C13H19ClN2O/c14-10-5-6-11(15)13(7-10)16-12-4-2-1-3-9(12)8-17/h5-7,9,12,16-17H,1-4,8,15H2. The topological polar surface area (TPSA) is 58.3 Å². The molecule has 0 amide bonds. The fourth-order valence-electron chi connectivity index (χ4n) is 2.47. The van der Waals surface area contributed by atoms with Crippen molar-refractivity contribution in [3.63, 3.8) is 0 Å². The zero-order chi connectivity index (χ0) is 12.3. The second-order valence-corrected chi connectivity index (χ2v) is 5.15. The Morgan fingerprint density at radius 1 is 1.35 bits per heavy atom. The summed E-state index contributed by atoms with van der Waals surface area (Å²) >= 11 is 5.96. The predicted molar refractivity (Wildman–Crippen MR) is 72.3 cm³/mol. The molecule has 1 aromatic rings. The van der Waals surface area contributed by atoms with Crippen LogP contribution in [-0.2, 0) is 0 Å². The number of hydrogen-bond donors (Lipinski definition) is 3. The third-order valence-electron chi connectivity index (χ3n) is 3.50. The van der Waals surface area contributed by atoms with Crippen LogP contribution in [-0.4, -0.2) is 17.8 Å². The quantitative estimate of drug-likeness (QED) is 0.727. The highest BCUT2D eigenvalue weighted by Crippen LogP contribution is 2.30. The van der Waals surface area contributed by atoms with E-state index in [1.165, 1.54) is 12.8 Å². The molecule has 0 bridgehead atoms. The van der Waals surface area contributed by atoms with E-state index in [4.69, 9.17) is 17.3 Å². The summed E-state index contributed by atoms with van der Waals surface area (Å²) in [5.74, 6) is 0.321. The largest absolute Gasteiger partial charge is 0.397 e. The molecule has 2 atom stereocenters. The molecule has 4 N–H and O–H groups in total. The zero-order valence-corrected chi connectivity index (χ0v) is 10.6. The summed E-state index contributed by atoms with van der Waals surface area (Å²) < 4.78 is 0. The lowest BCUT2D eigenvalue weighted by Gasteiger charge is -2.32. The molecule has 0 spiro atoms. The van der Waals surface area contributed by atoms with E-state index in [1.807, 2.05) is 6.07 Å². The van der Waals surface area contributed by atoms with Crippen LogP contribution in [0.1, 0.15) is 25.7 Å². The third kappa shape index (κ3) is 3.05. The molecule has 4 heteroatoms. The Bertz CT molecular complexity index is 384. The molecule has 0 radical (unpaired) electrons. The molecule has 94 valence electrons. The highest BCUT2D eigenvalue weighted by atomic mass is 35.5. The van der Waals surface area contributed by atoms with E-state index in [2.05, 4.69) is 5.32 Å². The van der Waals surface area contributed by atoms with Crippen LogP contribution in [0.25, 0.3) is 0 Å². The average molecular weight is 255 g/mol. The average Bonchev–Trinajstić information content (AvgIpc) is 2.34. The number of anilines is 2. The summed E-state index contributed by atoms with van der Waals surface area (Å²) in [4.78, 5) is 0. The van der Waals surface area contributed by atoms with Crippen LogP contribution >= 0.6 is 11.6 Å². The van der Waals surface area contributed by atoms with Gasteiger partial charge in [-0.3, -0.25) is 0 Å². The van der Waals surface area contributed by atoms with Crippen LogP contribution in [0, 0.1) is 5.92 Å². The van der Waals surface area contributed by atoms with Crippen molar-refractivity contribution in [1.82, 2.24) is 0 Å². The minimum atomic E-state index is 0.234. The fourth-order valence-corrected chi connectivity index (χ4v) is 2.64. The van der Waals surface area contributed by atoms with Gasteiger partial charge < -0.3 is 16.2 Å². The molecule has 2 rings (SSSR count). The number of nitrogen functional groups attached to an aromatic ring is 1. The maximum absolute atomic E-state index is 9.37. The van der Waals surface area contributed by atoms with Crippen LogP contribution in [0.15, 0.2) is 18.2 Å². The van der Waals surface area contributed by atoms with Gasteiger partial charge >= 0.3 is 0 Å². The SMILES string of the molecule is Nc1ccc(Cl)cc1NC1CCCCC1CO. The van der Waals surface area contributed by atoms with Crippen molar-refractivity contribution >= 4 is 23.0 Å². The van der Waals surface area contributed by atoms with Crippen molar-refractivity contribution < 1.29 is 5.11 Å². The number of rotatable bonds is 3. The first-order valence-corrected chi connectivity index (χ1v) is 6.51. The first-order chi connectivity index (χ1) is 8.20. The first kappa shape index (κ1) is 12.5. The van der Waals surface area contributed by atoms with E-state index in [1.54, 1.807) is 12.1 Å². The smallest absolute Gasteiger partial charge is 0.0591 e. The monoisotopic (exact) mass is 254 g/mol. The Kier molecular flexibility index (Phi) is 4.13. The summed E-state index contributed by atoms with van der Waals surface area (Å²) in [5.41, 5.74) is 7.49. The van der Waals surface area contributed by atoms with Gasteiger partial charge in [-0.15, -0.1) is 0 Å². The van der Waals surface area contributed by atoms with E-state index >= 15 is 0 Å². The molecule has 1 aromatic carbocycles. The summed E-state index contributed by atoms with van der Waals surface area (Å²) in [7, 11) is 0. The van der Waals surface area contributed by atoms with Gasteiger partial charge in [-0.2, -0.15) is 0 Å². The van der Waals surface area contributed by atoms with Crippen LogP contribution < -0.4 is 11.1 Å². The van der Waals surface area contributed by atoms with Gasteiger partial charge in [0.25, 0.3) is 0 Å². The fraction of sp³-hybridized carbons (Fsp3) is 0.538.